The molecule has 0 radical (unpaired) electrons. The molecule has 0 aliphatic heterocycles. The van der Waals surface area contributed by atoms with Crippen LogP contribution in [0.15, 0.2) is 30.5 Å². The van der Waals surface area contributed by atoms with Gasteiger partial charge in [-0.25, -0.2) is 0 Å². The molecule has 0 saturated carbocycles. The minimum Gasteiger partial charge on any atom is -0.384 e. The van der Waals surface area contributed by atoms with E-state index < -0.39 is 4.92 Å². The van der Waals surface area contributed by atoms with Gasteiger partial charge in [0.25, 0.3) is 5.69 Å². The predicted octanol–water partition coefficient (Wildman–Crippen LogP) is 1.85. The third-order valence-electron chi connectivity index (χ3n) is 2.95. The normalized spacial score (nSPS) is 10.0. The molecule has 1 N–H and O–H groups in total. The van der Waals surface area contributed by atoms with Gasteiger partial charge in [-0.1, -0.05) is 0 Å². The van der Waals surface area contributed by atoms with Crippen molar-refractivity contribution < 1.29 is 4.92 Å². The zero-order chi connectivity index (χ0) is 14.5. The number of rotatable bonds is 5. The summed E-state index contributed by atoms with van der Waals surface area (Å²) in [6.45, 7) is 0.628. The summed E-state index contributed by atoms with van der Waals surface area (Å²) in [5.74, 6) is 0. The molecule has 1 aromatic carbocycles. The van der Waals surface area contributed by atoms with Crippen molar-refractivity contribution in [2.45, 2.75) is 6.42 Å². The van der Waals surface area contributed by atoms with E-state index in [0.717, 1.165) is 12.1 Å². The molecule has 2 rings (SSSR count). The number of nitro benzene ring substituents is 1. The van der Waals surface area contributed by atoms with E-state index in [1.807, 2.05) is 19.2 Å². The molecule has 0 bridgehead atoms. The van der Waals surface area contributed by atoms with Gasteiger partial charge in [-0.2, -0.15) is 10.4 Å². The van der Waals surface area contributed by atoms with E-state index in [1.54, 1.807) is 16.9 Å². The van der Waals surface area contributed by atoms with Crippen molar-refractivity contribution in [2.75, 3.05) is 11.9 Å². The molecule has 0 aliphatic carbocycles. The van der Waals surface area contributed by atoms with E-state index in [1.165, 1.54) is 12.1 Å². The summed E-state index contributed by atoms with van der Waals surface area (Å²) in [7, 11) is 1.86. The fraction of sp³-hybridized carbons (Fsp3) is 0.231. The predicted molar refractivity (Wildman–Crippen MR) is 73.2 cm³/mol. The zero-order valence-corrected chi connectivity index (χ0v) is 10.9. The second kappa shape index (κ2) is 5.84. The minimum absolute atomic E-state index is 0.0622. The molecule has 0 atom stereocenters. The second-order valence-corrected chi connectivity index (χ2v) is 4.22. The quantitative estimate of drug-likeness (QED) is 0.661. The van der Waals surface area contributed by atoms with Crippen LogP contribution in [0, 0.1) is 21.4 Å². The monoisotopic (exact) mass is 271 g/mol. The number of anilines is 1. The second-order valence-electron chi connectivity index (χ2n) is 4.22. The Morgan fingerprint density at radius 1 is 1.50 bits per heavy atom. The fourth-order valence-corrected chi connectivity index (χ4v) is 1.87. The van der Waals surface area contributed by atoms with Gasteiger partial charge in [-0.3, -0.25) is 14.8 Å². The number of hydrogen-bond donors (Lipinski definition) is 1. The summed E-state index contributed by atoms with van der Waals surface area (Å²) in [4.78, 5) is 10.3. The highest BCUT2D eigenvalue weighted by Crippen LogP contribution is 2.22. The maximum absolute atomic E-state index is 10.9. The van der Waals surface area contributed by atoms with Gasteiger partial charge in [-0.05, 0) is 18.2 Å². The lowest BCUT2D eigenvalue weighted by molar-refractivity contribution is -0.385. The molecular weight excluding hydrogens is 258 g/mol. The molecule has 0 unspecified atom stereocenters. The van der Waals surface area contributed by atoms with Crippen molar-refractivity contribution in [3.63, 3.8) is 0 Å². The van der Waals surface area contributed by atoms with Crippen molar-refractivity contribution in [1.82, 2.24) is 9.78 Å². The average Bonchev–Trinajstić information content (AvgIpc) is 2.84. The van der Waals surface area contributed by atoms with E-state index in [9.17, 15) is 10.1 Å². The van der Waals surface area contributed by atoms with Crippen LogP contribution in [0.2, 0.25) is 0 Å². The van der Waals surface area contributed by atoms with Crippen LogP contribution in [0.1, 0.15) is 11.3 Å². The smallest absolute Gasteiger partial charge is 0.289 e. The average molecular weight is 271 g/mol. The number of nitrogens with zero attached hydrogens (tertiary/aromatic N) is 4. The molecule has 0 aliphatic rings. The summed E-state index contributed by atoms with van der Waals surface area (Å²) in [5, 5.41) is 26.8. The topological polar surface area (TPSA) is 96.8 Å². The lowest BCUT2D eigenvalue weighted by Gasteiger charge is -2.07. The maximum atomic E-state index is 10.9. The Morgan fingerprint density at radius 2 is 2.30 bits per heavy atom. The largest absolute Gasteiger partial charge is 0.384 e. The highest BCUT2D eigenvalue weighted by molar-refractivity contribution is 5.59. The summed E-state index contributed by atoms with van der Waals surface area (Å²) in [5.41, 5.74) is 1.57. The van der Waals surface area contributed by atoms with Crippen LogP contribution in [0.3, 0.4) is 0 Å². The molecule has 1 heterocycles. The maximum Gasteiger partial charge on any atom is 0.289 e. The zero-order valence-electron chi connectivity index (χ0n) is 10.9. The summed E-state index contributed by atoms with van der Waals surface area (Å²) in [6, 6.07) is 8.22. The van der Waals surface area contributed by atoms with Gasteiger partial charge in [0.2, 0.25) is 0 Å². The highest BCUT2D eigenvalue weighted by atomic mass is 16.6. The molecule has 1 aromatic heterocycles. The number of hydrogen-bond acceptors (Lipinski definition) is 5. The van der Waals surface area contributed by atoms with Gasteiger partial charge < -0.3 is 5.32 Å². The van der Waals surface area contributed by atoms with Crippen LogP contribution < -0.4 is 5.32 Å². The van der Waals surface area contributed by atoms with Crippen LogP contribution >= 0.6 is 0 Å². The van der Waals surface area contributed by atoms with Crippen LogP contribution in [-0.2, 0) is 13.5 Å². The summed E-state index contributed by atoms with van der Waals surface area (Å²) >= 11 is 0. The first-order valence-electron chi connectivity index (χ1n) is 6.01. The summed E-state index contributed by atoms with van der Waals surface area (Å²) < 4.78 is 1.78. The van der Waals surface area contributed by atoms with Crippen molar-refractivity contribution in [3.8, 4) is 6.07 Å². The standard InChI is InChI=1S/C13H13N5O2/c1-17-12(5-7-16-17)4-6-15-11-3-2-10(9-14)13(8-11)18(19)20/h2-3,5,7-8,15H,4,6H2,1H3. The van der Waals surface area contributed by atoms with Crippen molar-refractivity contribution in [1.29, 1.82) is 5.26 Å². The number of nitro groups is 1. The Balaban J connectivity index is 2.04. The van der Waals surface area contributed by atoms with E-state index in [2.05, 4.69) is 10.4 Å². The molecule has 20 heavy (non-hydrogen) atoms. The summed E-state index contributed by atoms with van der Waals surface area (Å²) in [6.07, 6.45) is 2.48. The van der Waals surface area contributed by atoms with Gasteiger partial charge in [0, 0.05) is 43.7 Å². The van der Waals surface area contributed by atoms with Gasteiger partial charge >= 0.3 is 0 Å². The van der Waals surface area contributed by atoms with Gasteiger partial charge in [0.15, 0.2) is 0 Å². The molecule has 7 nitrogen and oxygen atoms in total. The van der Waals surface area contributed by atoms with E-state index in [0.29, 0.717) is 12.2 Å². The van der Waals surface area contributed by atoms with Crippen molar-refractivity contribution >= 4 is 11.4 Å². The first-order valence-corrected chi connectivity index (χ1v) is 6.01. The Hall–Kier alpha value is -2.88. The van der Waals surface area contributed by atoms with Crippen LogP contribution in [0.25, 0.3) is 0 Å². The fourth-order valence-electron chi connectivity index (χ4n) is 1.87. The molecular formula is C13H13N5O2. The first-order chi connectivity index (χ1) is 9.61. The lowest BCUT2D eigenvalue weighted by atomic mass is 10.1. The molecule has 0 fully saturated rings. The van der Waals surface area contributed by atoms with Crippen LogP contribution in [0.5, 0.6) is 0 Å². The number of nitrogens with one attached hydrogen (secondary N) is 1. The third kappa shape index (κ3) is 2.92. The molecule has 0 saturated heterocycles. The molecule has 0 amide bonds. The van der Waals surface area contributed by atoms with Gasteiger partial charge in [-0.15, -0.1) is 0 Å². The third-order valence-corrected chi connectivity index (χ3v) is 2.95. The van der Waals surface area contributed by atoms with Crippen LogP contribution in [-0.4, -0.2) is 21.2 Å². The molecule has 102 valence electrons. The molecule has 2 aromatic rings. The SMILES string of the molecule is Cn1nccc1CCNc1ccc(C#N)c([N+](=O)[O-])c1. The Labute approximate surface area is 115 Å². The van der Waals surface area contributed by atoms with E-state index in [-0.39, 0.29) is 11.3 Å². The Morgan fingerprint density at radius 3 is 2.90 bits per heavy atom. The van der Waals surface area contributed by atoms with E-state index >= 15 is 0 Å². The lowest BCUT2D eigenvalue weighted by Crippen LogP contribution is -2.08. The molecule has 7 heteroatoms. The molecule has 0 spiro atoms. The van der Waals surface area contributed by atoms with Gasteiger partial charge in [0.1, 0.15) is 11.6 Å². The number of aromatic nitrogens is 2. The van der Waals surface area contributed by atoms with E-state index in [4.69, 9.17) is 5.26 Å². The van der Waals surface area contributed by atoms with Crippen molar-refractivity contribution in [2.24, 2.45) is 7.05 Å². The van der Waals surface area contributed by atoms with Crippen LogP contribution in [0.4, 0.5) is 11.4 Å². The number of aryl methyl sites for hydroxylation is 1. The Bertz CT molecular complexity index is 672. The minimum atomic E-state index is -0.551. The first kappa shape index (κ1) is 13.5. The van der Waals surface area contributed by atoms with Crippen molar-refractivity contribution in [3.05, 3.63) is 51.8 Å². The number of nitriles is 1. The highest BCUT2D eigenvalue weighted by Gasteiger charge is 2.13. The van der Waals surface area contributed by atoms with Gasteiger partial charge in [0.05, 0.1) is 4.92 Å². The number of benzene rings is 1. The Kier molecular flexibility index (Phi) is 3.96.